The fourth-order valence-corrected chi connectivity index (χ4v) is 2.84. The topological polar surface area (TPSA) is 83.5 Å². The zero-order chi connectivity index (χ0) is 14.9. The average molecular weight is 301 g/mol. The number of fused-ring (bicyclic) bond motifs is 1. The number of rotatable bonds is 5. The Kier molecular flexibility index (Phi) is 4.22. The molecule has 1 aromatic carbocycles. The number of carbonyl (C=O) groups is 1. The van der Waals surface area contributed by atoms with Crippen LogP contribution in [0.15, 0.2) is 12.1 Å². The van der Waals surface area contributed by atoms with Crippen LogP contribution in [0.2, 0.25) is 0 Å². The second-order valence-electron chi connectivity index (χ2n) is 5.08. The number of aldehydes is 1. The number of aliphatic hydroxyl groups excluding tert-OH is 1. The Morgan fingerprint density at radius 2 is 2.20 bits per heavy atom. The van der Waals surface area contributed by atoms with Gasteiger partial charge in [-0.3, -0.25) is 0 Å². The van der Waals surface area contributed by atoms with Crippen molar-refractivity contribution in [1.82, 2.24) is 4.72 Å². The predicted octanol–water partition coefficient (Wildman–Crippen LogP) is 0.322. The van der Waals surface area contributed by atoms with E-state index in [1.807, 2.05) is 0 Å². The summed E-state index contributed by atoms with van der Waals surface area (Å²) in [5.74, 6) is -0.679. The number of nitrogens with one attached hydrogen (secondary N) is 1. The van der Waals surface area contributed by atoms with Crippen molar-refractivity contribution in [2.75, 3.05) is 12.8 Å². The minimum absolute atomic E-state index is 0.214. The van der Waals surface area contributed by atoms with Crippen LogP contribution in [0.5, 0.6) is 0 Å². The maximum atomic E-state index is 13.9. The van der Waals surface area contributed by atoms with Gasteiger partial charge in [0.1, 0.15) is 12.1 Å². The quantitative estimate of drug-likeness (QED) is 0.767. The molecule has 110 valence electrons. The summed E-state index contributed by atoms with van der Waals surface area (Å²) in [5, 5.41) is 9.90. The minimum atomic E-state index is -3.41. The Morgan fingerprint density at radius 1 is 1.50 bits per heavy atom. The largest absolute Gasteiger partial charge is 0.387 e. The molecular formula is C13H16FNO4S. The minimum Gasteiger partial charge on any atom is -0.387 e. The van der Waals surface area contributed by atoms with Gasteiger partial charge in [-0.2, -0.15) is 0 Å². The van der Waals surface area contributed by atoms with Crippen molar-refractivity contribution in [2.45, 2.75) is 18.9 Å². The molecule has 0 saturated heterocycles. The van der Waals surface area contributed by atoms with Crippen LogP contribution in [0.1, 0.15) is 22.8 Å². The van der Waals surface area contributed by atoms with Gasteiger partial charge in [-0.1, -0.05) is 6.07 Å². The molecular weight excluding hydrogens is 285 g/mol. The van der Waals surface area contributed by atoms with Gasteiger partial charge in [0.25, 0.3) is 0 Å². The molecule has 0 radical (unpaired) electrons. The van der Waals surface area contributed by atoms with E-state index in [4.69, 9.17) is 0 Å². The summed E-state index contributed by atoms with van der Waals surface area (Å²) in [5.41, 5.74) is 1.52. The molecule has 0 aliphatic heterocycles. The molecule has 0 spiro atoms. The summed E-state index contributed by atoms with van der Waals surface area (Å²) in [7, 11) is -3.41. The molecule has 0 fully saturated rings. The van der Waals surface area contributed by atoms with Gasteiger partial charge in [0, 0.05) is 12.5 Å². The smallest absolute Gasteiger partial charge is 0.208 e. The summed E-state index contributed by atoms with van der Waals surface area (Å²) in [6, 6.07) is 2.83. The van der Waals surface area contributed by atoms with Crippen LogP contribution in [0, 0.1) is 11.7 Å². The molecule has 0 saturated carbocycles. The molecule has 1 aliphatic rings. The van der Waals surface area contributed by atoms with Crippen LogP contribution >= 0.6 is 0 Å². The lowest BCUT2D eigenvalue weighted by Gasteiger charge is -2.13. The summed E-state index contributed by atoms with van der Waals surface area (Å²) in [6.45, 7) is -0.214. The van der Waals surface area contributed by atoms with Crippen LogP contribution < -0.4 is 4.72 Å². The highest BCUT2D eigenvalue weighted by Gasteiger charge is 2.25. The first-order chi connectivity index (χ1) is 9.30. The van der Waals surface area contributed by atoms with Crippen LogP contribution in [0.25, 0.3) is 0 Å². The maximum absolute atomic E-state index is 13.9. The van der Waals surface area contributed by atoms with Gasteiger partial charge in [0.05, 0.1) is 12.4 Å². The zero-order valence-corrected chi connectivity index (χ0v) is 11.8. The maximum Gasteiger partial charge on any atom is 0.208 e. The van der Waals surface area contributed by atoms with E-state index in [0.29, 0.717) is 29.5 Å². The summed E-state index contributed by atoms with van der Waals surface area (Å²) >= 11 is 0. The molecule has 0 heterocycles. The van der Waals surface area contributed by atoms with Crippen molar-refractivity contribution < 1.29 is 22.7 Å². The van der Waals surface area contributed by atoms with Crippen LogP contribution in [-0.2, 0) is 27.7 Å². The third-order valence-corrected chi connectivity index (χ3v) is 4.07. The number of aliphatic hydroxyl groups is 1. The fourth-order valence-electron chi connectivity index (χ4n) is 2.38. The van der Waals surface area contributed by atoms with Gasteiger partial charge in [0.2, 0.25) is 10.0 Å². The van der Waals surface area contributed by atoms with E-state index in [9.17, 15) is 22.7 Å². The predicted molar refractivity (Wildman–Crippen MR) is 71.2 cm³/mol. The Morgan fingerprint density at radius 3 is 2.80 bits per heavy atom. The monoisotopic (exact) mass is 301 g/mol. The summed E-state index contributed by atoms with van der Waals surface area (Å²) in [4.78, 5) is 10.8. The normalized spacial score (nSPS) is 19.6. The number of benzene rings is 1. The van der Waals surface area contributed by atoms with Gasteiger partial charge >= 0.3 is 0 Å². The third kappa shape index (κ3) is 3.41. The Labute approximate surface area is 116 Å². The van der Waals surface area contributed by atoms with Crippen molar-refractivity contribution >= 4 is 16.3 Å². The molecule has 2 unspecified atom stereocenters. The first kappa shape index (κ1) is 15.1. The van der Waals surface area contributed by atoms with Crippen LogP contribution in [0.4, 0.5) is 4.39 Å². The Bertz CT molecular complexity index is 630. The SMILES string of the molecule is CS(=O)(=O)NCC(O)c1cc(F)c2c(c1)CC(C=O)C2. The van der Waals surface area contributed by atoms with Crippen molar-refractivity contribution in [1.29, 1.82) is 0 Å². The second-order valence-corrected chi connectivity index (χ2v) is 6.91. The molecule has 2 atom stereocenters. The fraction of sp³-hybridized carbons (Fsp3) is 0.462. The molecule has 7 heteroatoms. The van der Waals surface area contributed by atoms with Crippen molar-refractivity contribution in [2.24, 2.45) is 5.92 Å². The molecule has 0 bridgehead atoms. The van der Waals surface area contributed by atoms with E-state index in [-0.39, 0.29) is 12.5 Å². The number of sulfonamides is 1. The third-order valence-electron chi connectivity index (χ3n) is 3.37. The molecule has 0 amide bonds. The number of hydrogen-bond acceptors (Lipinski definition) is 4. The van der Waals surface area contributed by atoms with E-state index in [1.165, 1.54) is 6.07 Å². The molecule has 1 aromatic rings. The van der Waals surface area contributed by atoms with E-state index in [2.05, 4.69) is 4.72 Å². The Balaban J connectivity index is 2.19. The summed E-state index contributed by atoms with van der Waals surface area (Å²) < 4.78 is 38.0. The van der Waals surface area contributed by atoms with E-state index in [0.717, 1.165) is 12.5 Å². The zero-order valence-electron chi connectivity index (χ0n) is 11.0. The average Bonchev–Trinajstić information content (AvgIpc) is 2.78. The molecule has 2 rings (SSSR count). The van der Waals surface area contributed by atoms with E-state index in [1.54, 1.807) is 6.07 Å². The molecule has 5 nitrogen and oxygen atoms in total. The second kappa shape index (κ2) is 5.59. The van der Waals surface area contributed by atoms with Crippen molar-refractivity contribution in [3.8, 4) is 0 Å². The van der Waals surface area contributed by atoms with Gasteiger partial charge in [0.15, 0.2) is 0 Å². The molecule has 20 heavy (non-hydrogen) atoms. The van der Waals surface area contributed by atoms with Gasteiger partial charge in [-0.15, -0.1) is 0 Å². The Hall–Kier alpha value is -1.31. The van der Waals surface area contributed by atoms with Gasteiger partial charge < -0.3 is 9.90 Å². The highest BCUT2D eigenvalue weighted by atomic mass is 32.2. The molecule has 1 aliphatic carbocycles. The standard InChI is InChI=1S/C13H16FNO4S/c1-20(18,19)15-6-13(17)10-4-9-2-8(7-16)3-11(9)12(14)5-10/h4-5,7-8,13,15,17H,2-3,6H2,1H3. The number of carbonyl (C=O) groups excluding carboxylic acids is 1. The lowest BCUT2D eigenvalue weighted by Crippen LogP contribution is -2.27. The van der Waals surface area contributed by atoms with Crippen molar-refractivity contribution in [3.63, 3.8) is 0 Å². The molecule has 2 N–H and O–H groups in total. The lowest BCUT2D eigenvalue weighted by atomic mass is 10.0. The van der Waals surface area contributed by atoms with E-state index < -0.39 is 21.9 Å². The number of halogens is 1. The molecule has 0 aromatic heterocycles. The van der Waals surface area contributed by atoms with E-state index >= 15 is 0 Å². The first-order valence-electron chi connectivity index (χ1n) is 6.19. The highest BCUT2D eigenvalue weighted by molar-refractivity contribution is 7.88. The summed E-state index contributed by atoms with van der Waals surface area (Å²) in [6.07, 6.45) is 1.50. The van der Waals surface area contributed by atoms with Crippen molar-refractivity contribution in [3.05, 3.63) is 34.6 Å². The van der Waals surface area contributed by atoms with Crippen LogP contribution in [0.3, 0.4) is 0 Å². The highest BCUT2D eigenvalue weighted by Crippen LogP contribution is 2.30. The van der Waals surface area contributed by atoms with Gasteiger partial charge in [-0.25, -0.2) is 17.5 Å². The first-order valence-corrected chi connectivity index (χ1v) is 8.08. The number of hydrogen-bond donors (Lipinski definition) is 2. The van der Waals surface area contributed by atoms with Crippen LogP contribution in [-0.4, -0.2) is 32.6 Å². The lowest BCUT2D eigenvalue weighted by molar-refractivity contribution is -0.110. The van der Waals surface area contributed by atoms with Gasteiger partial charge in [-0.05, 0) is 35.6 Å².